The van der Waals surface area contributed by atoms with E-state index in [1.165, 1.54) is 0 Å². The fourth-order valence-corrected chi connectivity index (χ4v) is 4.82. The maximum Gasteiger partial charge on any atom is 0.437 e. The topological polar surface area (TPSA) is 267 Å². The summed E-state index contributed by atoms with van der Waals surface area (Å²) in [6.07, 6.45) is -0.0217. The summed E-state index contributed by atoms with van der Waals surface area (Å²) in [6.45, 7) is 26.5. The number of carbonyl (C=O) groups is 6. The molecule has 6 amide bonds. The normalized spacial score (nSPS) is 12.8. The second kappa shape index (κ2) is 26.7. The van der Waals surface area contributed by atoms with Gasteiger partial charge in [0, 0.05) is 25.2 Å². The average molecular weight is 934 g/mol. The van der Waals surface area contributed by atoms with E-state index in [2.05, 4.69) is 46.9 Å². The smallest absolute Gasteiger partial charge is 0.437 e. The molecule has 0 aliphatic carbocycles. The Morgan fingerprint density at radius 2 is 0.833 bits per heavy atom. The molecular formula is C45H75N9O12. The fraction of sp³-hybridized carbons (Fsp3) is 0.667. The standard InChI is InChI=1S/C45H75N9O12/c1-41(2,3)62-36(56)50-33(49-32(55)22-19-17-16-18-20-27-46-34(51-37(57)63-42(4,5)6)52-38(58)64-43(7,8)9)47-28-21-29-61-31-25-23-30(24-26-31)48-35(53-39(59)65-44(10,11)12)54-40(60)66-45(13,14)15/h23-26H,16-22,27-29H2,1-15H3,(H2,46,51,52,57,58)(H2,47,49,50,55,56)(H2,48,53,54,59,60). The van der Waals surface area contributed by atoms with Crippen molar-refractivity contribution in [2.45, 2.75) is 177 Å². The van der Waals surface area contributed by atoms with Gasteiger partial charge in [-0.15, -0.1) is 15.0 Å². The number of anilines is 1. The van der Waals surface area contributed by atoms with Crippen LogP contribution in [0.4, 0.5) is 29.7 Å². The summed E-state index contributed by atoms with van der Waals surface area (Å²) >= 11 is 0. The van der Waals surface area contributed by atoms with E-state index < -0.39 is 58.5 Å². The minimum Gasteiger partial charge on any atom is -0.494 e. The highest BCUT2D eigenvalue weighted by Gasteiger charge is 2.23. The second-order valence-electron chi connectivity index (χ2n) is 19.8. The molecule has 0 atom stereocenters. The summed E-state index contributed by atoms with van der Waals surface area (Å²) in [7, 11) is 0. The van der Waals surface area contributed by atoms with E-state index >= 15 is 0 Å². The molecule has 6 N–H and O–H groups in total. The minimum atomic E-state index is -0.916. The number of aliphatic imine (C=N–C) groups is 3. The third kappa shape index (κ3) is 32.5. The van der Waals surface area contributed by atoms with Gasteiger partial charge in [-0.3, -0.25) is 20.7 Å². The molecule has 0 unspecified atom stereocenters. The predicted octanol–water partition coefficient (Wildman–Crippen LogP) is 8.43. The Labute approximate surface area is 389 Å². The van der Waals surface area contributed by atoms with Gasteiger partial charge in [-0.2, -0.15) is 0 Å². The van der Waals surface area contributed by atoms with Gasteiger partial charge in [0.15, 0.2) is 0 Å². The molecule has 0 aliphatic heterocycles. The Morgan fingerprint density at radius 3 is 1.29 bits per heavy atom. The van der Waals surface area contributed by atoms with E-state index in [-0.39, 0.29) is 43.4 Å². The molecule has 0 saturated heterocycles. The molecule has 0 spiro atoms. The van der Waals surface area contributed by atoms with Gasteiger partial charge < -0.3 is 44.4 Å². The molecule has 0 aliphatic rings. The Hall–Kier alpha value is -6.15. The largest absolute Gasteiger partial charge is 0.494 e. The highest BCUT2D eigenvalue weighted by molar-refractivity contribution is 6.06. The Morgan fingerprint density at radius 1 is 0.455 bits per heavy atom. The highest BCUT2D eigenvalue weighted by atomic mass is 16.6. The molecule has 21 heteroatoms. The number of guanidine groups is 3. The van der Waals surface area contributed by atoms with Gasteiger partial charge in [-0.25, -0.2) is 24.0 Å². The van der Waals surface area contributed by atoms with Gasteiger partial charge in [0.2, 0.25) is 23.8 Å². The lowest BCUT2D eigenvalue weighted by Gasteiger charge is -2.21. The maximum atomic E-state index is 12.9. The fourth-order valence-electron chi connectivity index (χ4n) is 4.82. The highest BCUT2D eigenvalue weighted by Crippen LogP contribution is 2.17. The first-order valence-electron chi connectivity index (χ1n) is 22.0. The van der Waals surface area contributed by atoms with Gasteiger partial charge in [0.05, 0.1) is 6.61 Å². The molecule has 1 aromatic carbocycles. The van der Waals surface area contributed by atoms with Crippen LogP contribution in [-0.2, 0) is 28.5 Å². The molecular weight excluding hydrogens is 859 g/mol. The summed E-state index contributed by atoms with van der Waals surface area (Å²) in [5, 5.41) is 16.4. The predicted molar refractivity (Wildman–Crippen MR) is 252 cm³/mol. The van der Waals surface area contributed by atoms with Gasteiger partial charge in [0.1, 0.15) is 33.8 Å². The van der Waals surface area contributed by atoms with E-state index in [4.69, 9.17) is 28.4 Å². The number of carbonyl (C=O) groups excluding carboxylic acids is 6. The Kier molecular flexibility index (Phi) is 23.4. The first-order chi connectivity index (χ1) is 30.3. The van der Waals surface area contributed by atoms with Crippen molar-refractivity contribution in [3.8, 4) is 5.75 Å². The third-order valence-electron chi connectivity index (χ3n) is 7.16. The van der Waals surface area contributed by atoms with Crippen LogP contribution in [0.15, 0.2) is 39.2 Å². The molecule has 1 rings (SSSR count). The number of nitrogens with one attached hydrogen (secondary N) is 6. The van der Waals surface area contributed by atoms with Crippen LogP contribution < -0.4 is 36.6 Å². The SMILES string of the molecule is CC(C)(C)OC(=O)/N=C(/NCCCCCCCC(=O)N/C(=N/C(=O)OC(C)(C)C)NCCCOc1ccc(N/C(=N\C(=O)OC(C)(C)C)NC(=O)OC(C)(C)C)cc1)NC(=O)OC(C)(C)C. The van der Waals surface area contributed by atoms with Gasteiger partial charge in [0.25, 0.3) is 0 Å². The summed E-state index contributed by atoms with van der Waals surface area (Å²) < 4.78 is 32.2. The van der Waals surface area contributed by atoms with Gasteiger partial charge in [-0.05, 0) is 147 Å². The summed E-state index contributed by atoms with van der Waals surface area (Å²) in [6, 6.07) is 6.66. The van der Waals surface area contributed by atoms with Crippen molar-refractivity contribution >= 4 is 59.9 Å². The van der Waals surface area contributed by atoms with E-state index in [9.17, 15) is 28.8 Å². The molecule has 21 nitrogen and oxygen atoms in total. The van der Waals surface area contributed by atoms with Crippen LogP contribution in [0.5, 0.6) is 5.75 Å². The Balaban J connectivity index is 2.71. The van der Waals surface area contributed by atoms with Crippen LogP contribution >= 0.6 is 0 Å². The van der Waals surface area contributed by atoms with Crippen molar-refractivity contribution in [2.24, 2.45) is 15.0 Å². The number of benzene rings is 1. The number of hydrogen-bond acceptors (Lipinski definition) is 12. The first kappa shape index (κ1) is 57.9. The zero-order valence-electron chi connectivity index (χ0n) is 41.6. The van der Waals surface area contributed by atoms with Crippen molar-refractivity contribution in [1.29, 1.82) is 0 Å². The van der Waals surface area contributed by atoms with Crippen LogP contribution in [0.2, 0.25) is 0 Å². The van der Waals surface area contributed by atoms with E-state index in [0.717, 1.165) is 19.3 Å². The lowest BCUT2D eigenvalue weighted by Crippen LogP contribution is -2.44. The molecule has 0 aromatic heterocycles. The molecule has 0 heterocycles. The maximum absolute atomic E-state index is 12.9. The quantitative estimate of drug-likeness (QED) is 0.0442. The first-order valence-corrected chi connectivity index (χ1v) is 22.0. The average Bonchev–Trinajstić information content (AvgIpc) is 3.09. The Bertz CT molecular complexity index is 1850. The van der Waals surface area contributed by atoms with Crippen LogP contribution in [0, 0.1) is 0 Å². The van der Waals surface area contributed by atoms with Crippen molar-refractivity contribution in [3.05, 3.63) is 24.3 Å². The van der Waals surface area contributed by atoms with Crippen LogP contribution in [-0.4, -0.2) is 102 Å². The van der Waals surface area contributed by atoms with E-state index in [1.807, 2.05) is 0 Å². The molecule has 0 bridgehead atoms. The number of hydrogen-bond donors (Lipinski definition) is 6. The van der Waals surface area contributed by atoms with Gasteiger partial charge in [-0.1, -0.05) is 19.3 Å². The van der Waals surface area contributed by atoms with Crippen molar-refractivity contribution in [1.82, 2.24) is 26.6 Å². The molecule has 0 saturated carbocycles. The summed E-state index contributed by atoms with van der Waals surface area (Å²) in [5.74, 6) is -0.162. The zero-order chi connectivity index (χ0) is 50.4. The van der Waals surface area contributed by atoms with Crippen LogP contribution in [0.3, 0.4) is 0 Å². The monoisotopic (exact) mass is 934 g/mol. The van der Waals surface area contributed by atoms with Crippen molar-refractivity contribution in [3.63, 3.8) is 0 Å². The molecule has 66 heavy (non-hydrogen) atoms. The third-order valence-corrected chi connectivity index (χ3v) is 7.16. The lowest BCUT2D eigenvalue weighted by molar-refractivity contribution is -0.119. The van der Waals surface area contributed by atoms with Crippen LogP contribution in [0.25, 0.3) is 0 Å². The number of rotatable bonds is 14. The number of unbranched alkanes of at least 4 members (excludes halogenated alkanes) is 4. The number of alkyl carbamates (subject to hydrolysis) is 2. The van der Waals surface area contributed by atoms with E-state index in [0.29, 0.717) is 37.2 Å². The number of amides is 6. The molecule has 0 radical (unpaired) electrons. The summed E-state index contributed by atoms with van der Waals surface area (Å²) in [4.78, 5) is 86.5. The zero-order valence-corrected chi connectivity index (χ0v) is 41.6. The van der Waals surface area contributed by atoms with Gasteiger partial charge >= 0.3 is 30.5 Å². The molecule has 0 fully saturated rings. The molecule has 372 valence electrons. The van der Waals surface area contributed by atoms with Crippen LogP contribution in [0.1, 0.15) is 149 Å². The van der Waals surface area contributed by atoms with E-state index in [1.54, 1.807) is 128 Å². The number of nitrogens with zero attached hydrogens (tertiary/aromatic N) is 3. The minimum absolute atomic E-state index is 0.0524. The van der Waals surface area contributed by atoms with Crippen molar-refractivity contribution < 1.29 is 57.2 Å². The summed E-state index contributed by atoms with van der Waals surface area (Å²) in [5.41, 5.74) is -3.44. The molecule has 1 aromatic rings. The number of ether oxygens (including phenoxy) is 6. The second-order valence-corrected chi connectivity index (χ2v) is 19.8. The lowest BCUT2D eigenvalue weighted by atomic mass is 10.1. The van der Waals surface area contributed by atoms with Crippen molar-refractivity contribution in [2.75, 3.05) is 25.0 Å².